The zero-order valence-corrected chi connectivity index (χ0v) is 6.75. The molecule has 0 heterocycles. The van der Waals surface area contributed by atoms with Crippen LogP contribution in [-0.2, 0) is 4.79 Å². The van der Waals surface area contributed by atoms with E-state index in [2.05, 4.69) is 0 Å². The fourth-order valence-electron chi connectivity index (χ4n) is 1.69. The van der Waals surface area contributed by atoms with Crippen molar-refractivity contribution >= 4 is 5.91 Å². The Morgan fingerprint density at radius 3 is 2.45 bits per heavy atom. The first-order chi connectivity index (χ1) is 5.22. The Morgan fingerprint density at radius 1 is 1.18 bits per heavy atom. The highest BCUT2D eigenvalue weighted by molar-refractivity contribution is 5.77. The molecule has 3 heteroatoms. The van der Waals surface area contributed by atoms with Crippen LogP contribution in [0.5, 0.6) is 0 Å². The van der Waals surface area contributed by atoms with E-state index >= 15 is 0 Å². The highest BCUT2D eigenvalue weighted by atomic mass is 16.1. The van der Waals surface area contributed by atoms with E-state index in [1.165, 1.54) is 6.42 Å². The highest BCUT2D eigenvalue weighted by Gasteiger charge is 2.24. The maximum absolute atomic E-state index is 10.9. The first-order valence-electron chi connectivity index (χ1n) is 4.26. The lowest BCUT2D eigenvalue weighted by atomic mass is 9.95. The summed E-state index contributed by atoms with van der Waals surface area (Å²) in [6, 6.07) is 0.00926. The van der Waals surface area contributed by atoms with Crippen LogP contribution in [0.4, 0.5) is 0 Å². The van der Waals surface area contributed by atoms with Crippen molar-refractivity contribution < 1.29 is 4.79 Å². The van der Waals surface area contributed by atoms with Crippen LogP contribution in [0.25, 0.3) is 0 Å². The molecule has 0 spiro atoms. The molecule has 2 atom stereocenters. The minimum Gasteiger partial charge on any atom is -0.369 e. The van der Waals surface area contributed by atoms with Crippen LogP contribution in [0.2, 0.25) is 0 Å². The molecular formula is C8H16N2O. The van der Waals surface area contributed by atoms with Crippen molar-refractivity contribution in [3.05, 3.63) is 0 Å². The van der Waals surface area contributed by atoms with Gasteiger partial charge >= 0.3 is 0 Å². The maximum atomic E-state index is 10.9. The van der Waals surface area contributed by atoms with Gasteiger partial charge in [0.2, 0.25) is 5.91 Å². The van der Waals surface area contributed by atoms with Gasteiger partial charge in [0.25, 0.3) is 0 Å². The molecule has 4 N–H and O–H groups in total. The lowest BCUT2D eigenvalue weighted by Crippen LogP contribution is -2.38. The van der Waals surface area contributed by atoms with Gasteiger partial charge in [0.1, 0.15) is 0 Å². The second-order valence-corrected chi connectivity index (χ2v) is 3.31. The molecule has 1 aliphatic carbocycles. The lowest BCUT2D eigenvalue weighted by molar-refractivity contribution is -0.122. The molecule has 1 rings (SSSR count). The molecule has 0 aliphatic heterocycles. The summed E-state index contributed by atoms with van der Waals surface area (Å²) in [6.07, 6.45) is 5.27. The van der Waals surface area contributed by atoms with E-state index in [0.717, 1.165) is 25.7 Å². The Bertz CT molecular complexity index is 147. The molecule has 64 valence electrons. The molecule has 1 fully saturated rings. The molecule has 0 aromatic rings. The van der Waals surface area contributed by atoms with Gasteiger partial charge in [-0.3, -0.25) is 4.79 Å². The summed E-state index contributed by atoms with van der Waals surface area (Å²) in [4.78, 5) is 10.9. The van der Waals surface area contributed by atoms with Crippen LogP contribution in [-0.4, -0.2) is 11.9 Å². The number of hydrogen-bond donors (Lipinski definition) is 2. The third-order valence-electron chi connectivity index (χ3n) is 2.43. The van der Waals surface area contributed by atoms with Crippen LogP contribution < -0.4 is 11.5 Å². The molecule has 0 aromatic heterocycles. The van der Waals surface area contributed by atoms with Crippen molar-refractivity contribution in [1.29, 1.82) is 0 Å². The van der Waals surface area contributed by atoms with E-state index in [4.69, 9.17) is 11.5 Å². The van der Waals surface area contributed by atoms with Crippen LogP contribution in [0.1, 0.15) is 32.1 Å². The number of rotatable bonds is 1. The number of carbonyl (C=O) groups excluding carboxylic acids is 1. The van der Waals surface area contributed by atoms with Crippen molar-refractivity contribution in [3.8, 4) is 0 Å². The Hall–Kier alpha value is -0.570. The molecule has 11 heavy (non-hydrogen) atoms. The van der Waals surface area contributed by atoms with Crippen molar-refractivity contribution in [2.45, 2.75) is 38.1 Å². The largest absolute Gasteiger partial charge is 0.369 e. The Kier molecular flexibility index (Phi) is 2.88. The number of primary amides is 1. The standard InChI is InChI=1S/C8H16N2O/c9-7-5-3-1-2-4-6(7)8(10)11/h6-7H,1-5,9H2,(H2,10,11)/t6-,7+/m1/s1. The van der Waals surface area contributed by atoms with Crippen molar-refractivity contribution in [2.24, 2.45) is 17.4 Å². The van der Waals surface area contributed by atoms with E-state index < -0.39 is 0 Å². The quantitative estimate of drug-likeness (QED) is 0.539. The predicted octanol–water partition coefficient (Wildman–Crippen LogP) is 0.379. The first-order valence-corrected chi connectivity index (χ1v) is 4.26. The van der Waals surface area contributed by atoms with Gasteiger partial charge in [0.15, 0.2) is 0 Å². The maximum Gasteiger partial charge on any atom is 0.222 e. The van der Waals surface area contributed by atoms with Crippen LogP contribution in [0, 0.1) is 5.92 Å². The SMILES string of the molecule is NC(=O)[C@@H]1CCCCC[C@@H]1N. The Labute approximate surface area is 67.1 Å². The summed E-state index contributed by atoms with van der Waals surface area (Å²) in [5.41, 5.74) is 11.0. The molecule has 0 bridgehead atoms. The van der Waals surface area contributed by atoms with Gasteiger partial charge in [0.05, 0.1) is 5.92 Å². The van der Waals surface area contributed by atoms with E-state index in [1.54, 1.807) is 0 Å². The zero-order valence-electron chi connectivity index (χ0n) is 6.75. The normalized spacial score (nSPS) is 32.8. The molecule has 0 unspecified atom stereocenters. The molecule has 0 radical (unpaired) electrons. The average Bonchev–Trinajstić information content (AvgIpc) is 2.13. The molecule has 0 saturated heterocycles. The summed E-state index contributed by atoms with van der Waals surface area (Å²) in [6.45, 7) is 0. The molecule has 3 nitrogen and oxygen atoms in total. The molecule has 1 saturated carbocycles. The van der Waals surface area contributed by atoms with Gasteiger partial charge in [-0.05, 0) is 12.8 Å². The van der Waals surface area contributed by atoms with E-state index in [1.807, 2.05) is 0 Å². The van der Waals surface area contributed by atoms with Crippen molar-refractivity contribution in [3.63, 3.8) is 0 Å². The molecule has 1 amide bonds. The van der Waals surface area contributed by atoms with Gasteiger partial charge in [-0.15, -0.1) is 0 Å². The van der Waals surface area contributed by atoms with Gasteiger partial charge in [0, 0.05) is 6.04 Å². The number of carbonyl (C=O) groups is 1. The van der Waals surface area contributed by atoms with E-state index in [0.29, 0.717) is 0 Å². The smallest absolute Gasteiger partial charge is 0.222 e. The first kappa shape index (κ1) is 8.53. The number of amides is 1. The predicted molar refractivity (Wildman–Crippen MR) is 43.7 cm³/mol. The molecule has 0 aromatic carbocycles. The fraction of sp³-hybridized carbons (Fsp3) is 0.875. The lowest BCUT2D eigenvalue weighted by Gasteiger charge is -2.16. The van der Waals surface area contributed by atoms with Crippen LogP contribution >= 0.6 is 0 Å². The highest BCUT2D eigenvalue weighted by Crippen LogP contribution is 2.21. The monoisotopic (exact) mass is 156 g/mol. The van der Waals surface area contributed by atoms with Crippen LogP contribution in [0.3, 0.4) is 0 Å². The summed E-state index contributed by atoms with van der Waals surface area (Å²) < 4.78 is 0. The summed E-state index contributed by atoms with van der Waals surface area (Å²) in [7, 11) is 0. The van der Waals surface area contributed by atoms with E-state index in [9.17, 15) is 4.79 Å². The van der Waals surface area contributed by atoms with Gasteiger partial charge in [-0.1, -0.05) is 19.3 Å². The van der Waals surface area contributed by atoms with Crippen molar-refractivity contribution in [1.82, 2.24) is 0 Å². The summed E-state index contributed by atoms with van der Waals surface area (Å²) in [5, 5.41) is 0. The van der Waals surface area contributed by atoms with Gasteiger partial charge in [-0.2, -0.15) is 0 Å². The third-order valence-corrected chi connectivity index (χ3v) is 2.43. The minimum atomic E-state index is -0.223. The Balaban J connectivity index is 2.52. The second kappa shape index (κ2) is 3.72. The van der Waals surface area contributed by atoms with Crippen molar-refractivity contribution in [2.75, 3.05) is 0 Å². The number of hydrogen-bond acceptors (Lipinski definition) is 2. The average molecular weight is 156 g/mol. The van der Waals surface area contributed by atoms with Gasteiger partial charge in [-0.25, -0.2) is 0 Å². The number of nitrogens with two attached hydrogens (primary N) is 2. The van der Waals surface area contributed by atoms with E-state index in [-0.39, 0.29) is 17.9 Å². The fourth-order valence-corrected chi connectivity index (χ4v) is 1.69. The second-order valence-electron chi connectivity index (χ2n) is 3.31. The summed E-state index contributed by atoms with van der Waals surface area (Å²) >= 11 is 0. The third kappa shape index (κ3) is 2.19. The van der Waals surface area contributed by atoms with Crippen LogP contribution in [0.15, 0.2) is 0 Å². The van der Waals surface area contributed by atoms with Gasteiger partial charge < -0.3 is 11.5 Å². The minimum absolute atomic E-state index is 0.00926. The molecular weight excluding hydrogens is 140 g/mol. The molecule has 1 aliphatic rings. The topological polar surface area (TPSA) is 69.1 Å². The Morgan fingerprint density at radius 2 is 1.82 bits per heavy atom. The summed E-state index contributed by atoms with van der Waals surface area (Å²) in [5.74, 6) is -0.295. The zero-order chi connectivity index (χ0) is 8.27.